The lowest BCUT2D eigenvalue weighted by Gasteiger charge is -2.17. The van der Waals surface area contributed by atoms with Gasteiger partial charge in [-0.2, -0.15) is 0 Å². The fourth-order valence-corrected chi connectivity index (χ4v) is 1.32. The minimum Gasteiger partial charge on any atom is -0.480 e. The highest BCUT2D eigenvalue weighted by Gasteiger charge is 2.20. The lowest BCUT2D eigenvalue weighted by molar-refractivity contribution is -0.142. The van der Waals surface area contributed by atoms with Crippen molar-refractivity contribution in [3.05, 3.63) is 0 Å². The van der Waals surface area contributed by atoms with Gasteiger partial charge >= 0.3 is 5.97 Å². The molecule has 0 saturated carbocycles. The summed E-state index contributed by atoms with van der Waals surface area (Å²) in [7, 11) is 0. The Bertz CT molecular complexity index is 224. The third-order valence-electron chi connectivity index (χ3n) is 1.93. The number of hydrogen-bond donors (Lipinski definition) is 2. The molecule has 0 rings (SSSR count). The molecule has 15 heavy (non-hydrogen) atoms. The maximum absolute atomic E-state index is 11.4. The summed E-state index contributed by atoms with van der Waals surface area (Å²) in [6.45, 7) is 7.73. The molecule has 0 fully saturated rings. The van der Waals surface area contributed by atoms with Crippen LogP contribution in [0.25, 0.3) is 0 Å². The first-order valence-corrected chi connectivity index (χ1v) is 5.35. The van der Waals surface area contributed by atoms with Crippen molar-refractivity contribution in [2.45, 2.75) is 46.6 Å². The Morgan fingerprint density at radius 2 is 1.67 bits per heavy atom. The molecule has 0 heterocycles. The molecule has 0 aliphatic rings. The summed E-state index contributed by atoms with van der Waals surface area (Å²) in [6, 6.07) is -0.753. The number of carbonyl (C=O) groups excluding carboxylic acids is 1. The zero-order chi connectivity index (χ0) is 12.0. The van der Waals surface area contributed by atoms with Crippen LogP contribution in [0.1, 0.15) is 40.5 Å². The molecule has 4 heteroatoms. The minimum absolute atomic E-state index is 0.182. The highest BCUT2D eigenvalue weighted by molar-refractivity contribution is 5.83. The highest BCUT2D eigenvalue weighted by Crippen LogP contribution is 2.06. The normalized spacial score (nSPS) is 12.9. The van der Waals surface area contributed by atoms with Crippen LogP contribution in [0.2, 0.25) is 0 Å². The molecular weight excluding hydrogens is 194 g/mol. The Hall–Kier alpha value is -1.06. The molecule has 0 aromatic carbocycles. The summed E-state index contributed by atoms with van der Waals surface area (Å²) in [5.74, 6) is -0.636. The van der Waals surface area contributed by atoms with Crippen LogP contribution in [0.3, 0.4) is 0 Å². The van der Waals surface area contributed by atoms with Crippen molar-refractivity contribution in [3.8, 4) is 0 Å². The monoisotopic (exact) mass is 215 g/mol. The second kappa shape index (κ2) is 6.43. The van der Waals surface area contributed by atoms with Crippen LogP contribution in [0.5, 0.6) is 0 Å². The summed E-state index contributed by atoms with van der Waals surface area (Å²) >= 11 is 0. The van der Waals surface area contributed by atoms with E-state index >= 15 is 0 Å². The van der Waals surface area contributed by atoms with Crippen LogP contribution in [-0.2, 0) is 9.59 Å². The van der Waals surface area contributed by atoms with Gasteiger partial charge in [-0.1, -0.05) is 27.7 Å². The Morgan fingerprint density at radius 3 is 2.00 bits per heavy atom. The number of nitrogens with one attached hydrogen (secondary N) is 1. The molecule has 0 unspecified atom stereocenters. The Kier molecular flexibility index (Phi) is 5.97. The van der Waals surface area contributed by atoms with Crippen LogP contribution in [-0.4, -0.2) is 23.0 Å². The van der Waals surface area contributed by atoms with Gasteiger partial charge < -0.3 is 10.4 Å². The van der Waals surface area contributed by atoms with Gasteiger partial charge in [0, 0.05) is 6.42 Å². The summed E-state index contributed by atoms with van der Waals surface area (Å²) in [4.78, 5) is 22.2. The number of carboxylic acid groups (broad SMARTS) is 1. The van der Waals surface area contributed by atoms with Gasteiger partial charge in [-0.3, -0.25) is 4.79 Å². The maximum atomic E-state index is 11.4. The topological polar surface area (TPSA) is 66.4 Å². The van der Waals surface area contributed by atoms with Crippen molar-refractivity contribution >= 4 is 11.9 Å². The Labute approximate surface area is 91.1 Å². The third kappa shape index (κ3) is 6.94. The van der Waals surface area contributed by atoms with E-state index in [4.69, 9.17) is 5.11 Å². The largest absolute Gasteiger partial charge is 0.480 e. The zero-order valence-electron chi connectivity index (χ0n) is 9.91. The van der Waals surface area contributed by atoms with E-state index in [1.54, 1.807) is 0 Å². The summed E-state index contributed by atoms with van der Waals surface area (Å²) in [5, 5.41) is 11.4. The SMILES string of the molecule is CC(C)CC(=O)N[C@H](CC(C)C)C(=O)O. The molecule has 0 saturated heterocycles. The average molecular weight is 215 g/mol. The molecule has 4 nitrogen and oxygen atoms in total. The number of carboxylic acids is 1. The van der Waals surface area contributed by atoms with Gasteiger partial charge in [-0.05, 0) is 18.3 Å². The second-order valence-electron chi connectivity index (χ2n) is 4.69. The van der Waals surface area contributed by atoms with Crippen molar-refractivity contribution in [2.75, 3.05) is 0 Å². The summed E-state index contributed by atoms with van der Waals surface area (Å²) in [6.07, 6.45) is 0.848. The molecule has 0 aromatic rings. The van der Waals surface area contributed by atoms with Crippen molar-refractivity contribution < 1.29 is 14.7 Å². The number of amides is 1. The van der Waals surface area contributed by atoms with Gasteiger partial charge in [0.05, 0.1) is 0 Å². The Balaban J connectivity index is 4.16. The van der Waals surface area contributed by atoms with Gasteiger partial charge in [0.15, 0.2) is 0 Å². The van der Waals surface area contributed by atoms with Gasteiger partial charge in [0.25, 0.3) is 0 Å². The van der Waals surface area contributed by atoms with E-state index < -0.39 is 12.0 Å². The van der Waals surface area contributed by atoms with Gasteiger partial charge in [0.2, 0.25) is 5.91 Å². The number of aliphatic carboxylic acids is 1. The van der Waals surface area contributed by atoms with Crippen LogP contribution in [0.15, 0.2) is 0 Å². The predicted octanol–water partition coefficient (Wildman–Crippen LogP) is 1.65. The fourth-order valence-electron chi connectivity index (χ4n) is 1.32. The summed E-state index contributed by atoms with van der Waals surface area (Å²) < 4.78 is 0. The quantitative estimate of drug-likeness (QED) is 0.708. The molecule has 1 atom stereocenters. The van der Waals surface area contributed by atoms with E-state index in [2.05, 4.69) is 5.32 Å². The lowest BCUT2D eigenvalue weighted by Crippen LogP contribution is -2.41. The van der Waals surface area contributed by atoms with Crippen molar-refractivity contribution in [3.63, 3.8) is 0 Å². The maximum Gasteiger partial charge on any atom is 0.326 e. The van der Waals surface area contributed by atoms with Crippen LogP contribution < -0.4 is 5.32 Å². The molecule has 88 valence electrons. The first-order valence-electron chi connectivity index (χ1n) is 5.35. The highest BCUT2D eigenvalue weighted by atomic mass is 16.4. The van der Waals surface area contributed by atoms with Gasteiger partial charge in [0.1, 0.15) is 6.04 Å². The predicted molar refractivity (Wildman–Crippen MR) is 58.5 cm³/mol. The third-order valence-corrected chi connectivity index (χ3v) is 1.93. The average Bonchev–Trinajstić information content (AvgIpc) is 1.99. The second-order valence-corrected chi connectivity index (χ2v) is 4.69. The Morgan fingerprint density at radius 1 is 1.13 bits per heavy atom. The molecular formula is C11H21NO3. The molecule has 0 aliphatic heterocycles. The molecule has 0 radical (unpaired) electrons. The molecule has 0 bridgehead atoms. The van der Waals surface area contributed by atoms with Crippen LogP contribution >= 0.6 is 0 Å². The standard InChI is InChI=1S/C11H21NO3/c1-7(2)5-9(11(14)15)12-10(13)6-8(3)4/h7-9H,5-6H2,1-4H3,(H,12,13)(H,14,15)/t9-/m1/s1. The van der Waals surface area contributed by atoms with Crippen LogP contribution in [0, 0.1) is 11.8 Å². The first-order chi connectivity index (χ1) is 6.82. The molecule has 1 amide bonds. The summed E-state index contributed by atoms with van der Waals surface area (Å²) in [5.41, 5.74) is 0. The molecule has 0 aliphatic carbocycles. The zero-order valence-corrected chi connectivity index (χ0v) is 9.91. The number of hydrogen-bond acceptors (Lipinski definition) is 2. The van der Waals surface area contributed by atoms with E-state index in [1.165, 1.54) is 0 Å². The van der Waals surface area contributed by atoms with Crippen LogP contribution in [0.4, 0.5) is 0 Å². The van der Waals surface area contributed by atoms with E-state index in [0.29, 0.717) is 12.8 Å². The van der Waals surface area contributed by atoms with Gasteiger partial charge in [-0.15, -0.1) is 0 Å². The number of rotatable bonds is 6. The minimum atomic E-state index is -0.958. The molecule has 0 spiro atoms. The van der Waals surface area contributed by atoms with Crippen molar-refractivity contribution in [1.29, 1.82) is 0 Å². The molecule has 0 aromatic heterocycles. The first kappa shape index (κ1) is 13.9. The van der Waals surface area contributed by atoms with E-state index in [0.717, 1.165) is 0 Å². The smallest absolute Gasteiger partial charge is 0.326 e. The molecule has 2 N–H and O–H groups in total. The van der Waals surface area contributed by atoms with Crippen molar-refractivity contribution in [1.82, 2.24) is 5.32 Å². The van der Waals surface area contributed by atoms with E-state index in [-0.39, 0.29) is 17.7 Å². The lowest BCUT2D eigenvalue weighted by atomic mass is 10.0. The van der Waals surface area contributed by atoms with E-state index in [1.807, 2.05) is 27.7 Å². The van der Waals surface area contributed by atoms with E-state index in [9.17, 15) is 9.59 Å². The number of carbonyl (C=O) groups is 2. The fraction of sp³-hybridized carbons (Fsp3) is 0.818. The van der Waals surface area contributed by atoms with Gasteiger partial charge in [-0.25, -0.2) is 4.79 Å². The van der Waals surface area contributed by atoms with Crippen molar-refractivity contribution in [2.24, 2.45) is 11.8 Å².